The molecule has 33 heavy (non-hydrogen) atoms. The van der Waals surface area contributed by atoms with E-state index in [-0.39, 0.29) is 30.5 Å². The second-order valence-corrected chi connectivity index (χ2v) is 7.59. The molecule has 0 bridgehead atoms. The van der Waals surface area contributed by atoms with Crippen LogP contribution in [0.1, 0.15) is 36.6 Å². The first-order valence-electron chi connectivity index (χ1n) is 10.8. The van der Waals surface area contributed by atoms with Gasteiger partial charge in [0.2, 0.25) is 0 Å². The number of likely N-dealkylation sites (tertiary alicyclic amines) is 1. The van der Waals surface area contributed by atoms with Gasteiger partial charge in [-0.1, -0.05) is 24.0 Å². The van der Waals surface area contributed by atoms with E-state index in [1.165, 1.54) is 6.07 Å². The van der Waals surface area contributed by atoms with Crippen molar-refractivity contribution in [1.82, 2.24) is 20.5 Å². The molecule has 1 aromatic carbocycles. The van der Waals surface area contributed by atoms with Crippen LogP contribution in [0, 0.1) is 11.8 Å². The summed E-state index contributed by atoms with van der Waals surface area (Å²) in [6, 6.07) is 11.3. The van der Waals surface area contributed by atoms with E-state index in [0.717, 1.165) is 50.3 Å². The maximum Gasteiger partial charge on any atom is 0.416 e. The number of benzene rings is 1. The minimum Gasteiger partial charge on any atom is -0.357 e. The van der Waals surface area contributed by atoms with Gasteiger partial charge in [0.05, 0.1) is 11.3 Å². The van der Waals surface area contributed by atoms with Gasteiger partial charge in [-0.05, 0) is 50.1 Å². The Bertz CT molecular complexity index is 946. The Morgan fingerprint density at radius 3 is 2.64 bits per heavy atom. The molecule has 0 atom stereocenters. The second-order valence-electron chi connectivity index (χ2n) is 7.59. The third kappa shape index (κ3) is 9.21. The molecule has 1 aliphatic heterocycles. The van der Waals surface area contributed by atoms with Crippen molar-refractivity contribution in [2.24, 2.45) is 4.99 Å². The van der Waals surface area contributed by atoms with Crippen LogP contribution in [0.5, 0.6) is 0 Å². The van der Waals surface area contributed by atoms with Crippen LogP contribution in [0.3, 0.4) is 0 Å². The Hall–Kier alpha value is -2.32. The fraction of sp³-hybridized carbons (Fsp3) is 0.417. The lowest BCUT2D eigenvalue weighted by Crippen LogP contribution is -2.48. The van der Waals surface area contributed by atoms with Crippen LogP contribution in [0.4, 0.5) is 13.2 Å². The Balaban J connectivity index is 0.00000385. The summed E-state index contributed by atoms with van der Waals surface area (Å²) in [6.07, 6.45) is -0.565. The fourth-order valence-corrected chi connectivity index (χ4v) is 3.50. The van der Waals surface area contributed by atoms with Crippen molar-refractivity contribution in [2.45, 2.75) is 38.5 Å². The molecule has 1 aliphatic rings. The molecule has 9 heteroatoms. The first-order chi connectivity index (χ1) is 15.4. The van der Waals surface area contributed by atoms with E-state index in [1.807, 2.05) is 31.3 Å². The molecule has 2 N–H and O–H groups in total. The number of pyridine rings is 1. The smallest absolute Gasteiger partial charge is 0.357 e. The topological polar surface area (TPSA) is 52.6 Å². The zero-order chi connectivity index (χ0) is 22.8. The molecule has 2 aromatic rings. The number of piperidine rings is 1. The van der Waals surface area contributed by atoms with Gasteiger partial charge in [0, 0.05) is 44.0 Å². The zero-order valence-corrected chi connectivity index (χ0v) is 20.9. The molecule has 3 rings (SSSR count). The van der Waals surface area contributed by atoms with Crippen molar-refractivity contribution in [3.8, 4) is 11.8 Å². The SMILES string of the molecule is CCNC(=NCC#Cc1cccc(C(F)(F)F)c1)NC1CCN(Cc2ccccn2)CC1.I. The van der Waals surface area contributed by atoms with E-state index in [1.54, 1.807) is 6.07 Å². The number of aromatic nitrogens is 1. The molecule has 1 aromatic heterocycles. The Labute approximate surface area is 210 Å². The van der Waals surface area contributed by atoms with Gasteiger partial charge < -0.3 is 10.6 Å². The summed E-state index contributed by atoms with van der Waals surface area (Å²) < 4.78 is 38.4. The summed E-state index contributed by atoms with van der Waals surface area (Å²) in [4.78, 5) is 11.2. The van der Waals surface area contributed by atoms with Crippen molar-refractivity contribution >= 4 is 29.9 Å². The summed E-state index contributed by atoms with van der Waals surface area (Å²) in [7, 11) is 0. The first-order valence-corrected chi connectivity index (χ1v) is 10.8. The number of halogens is 4. The lowest BCUT2D eigenvalue weighted by atomic mass is 10.0. The predicted octanol–water partition coefficient (Wildman–Crippen LogP) is 4.29. The quantitative estimate of drug-likeness (QED) is 0.244. The van der Waals surface area contributed by atoms with E-state index in [4.69, 9.17) is 0 Å². The number of aliphatic imine (C=N–C) groups is 1. The van der Waals surface area contributed by atoms with Gasteiger partial charge in [0.25, 0.3) is 0 Å². The Morgan fingerprint density at radius 2 is 1.97 bits per heavy atom. The van der Waals surface area contributed by atoms with Gasteiger partial charge >= 0.3 is 6.18 Å². The van der Waals surface area contributed by atoms with Gasteiger partial charge in [-0.3, -0.25) is 9.88 Å². The van der Waals surface area contributed by atoms with Crippen molar-refractivity contribution in [3.63, 3.8) is 0 Å². The maximum absolute atomic E-state index is 12.8. The van der Waals surface area contributed by atoms with E-state index in [9.17, 15) is 13.2 Å². The number of alkyl halides is 3. The largest absolute Gasteiger partial charge is 0.416 e. The van der Waals surface area contributed by atoms with E-state index < -0.39 is 11.7 Å². The molecule has 5 nitrogen and oxygen atoms in total. The van der Waals surface area contributed by atoms with Crippen molar-refractivity contribution in [3.05, 3.63) is 65.5 Å². The van der Waals surface area contributed by atoms with Crippen molar-refractivity contribution in [1.29, 1.82) is 0 Å². The highest BCUT2D eigenvalue weighted by atomic mass is 127. The van der Waals surface area contributed by atoms with Crippen LogP contribution < -0.4 is 10.6 Å². The number of hydrogen-bond donors (Lipinski definition) is 2. The number of guanidine groups is 1. The highest BCUT2D eigenvalue weighted by Gasteiger charge is 2.30. The summed E-state index contributed by atoms with van der Waals surface area (Å²) in [5, 5.41) is 6.66. The summed E-state index contributed by atoms with van der Waals surface area (Å²) in [5.41, 5.74) is 0.707. The summed E-state index contributed by atoms with van der Waals surface area (Å²) in [6.45, 7) is 5.70. The summed E-state index contributed by atoms with van der Waals surface area (Å²) in [5.74, 6) is 6.28. The molecule has 178 valence electrons. The molecule has 0 amide bonds. The van der Waals surface area contributed by atoms with E-state index >= 15 is 0 Å². The van der Waals surface area contributed by atoms with Gasteiger partial charge in [-0.15, -0.1) is 24.0 Å². The van der Waals surface area contributed by atoms with Gasteiger partial charge in [0.15, 0.2) is 5.96 Å². The van der Waals surface area contributed by atoms with Crippen LogP contribution in [0.15, 0.2) is 53.7 Å². The highest BCUT2D eigenvalue weighted by molar-refractivity contribution is 14.0. The highest BCUT2D eigenvalue weighted by Crippen LogP contribution is 2.29. The number of nitrogens with zero attached hydrogens (tertiary/aromatic N) is 3. The Kier molecular flexibility index (Phi) is 10.9. The lowest BCUT2D eigenvalue weighted by Gasteiger charge is -2.32. The summed E-state index contributed by atoms with van der Waals surface area (Å²) >= 11 is 0. The van der Waals surface area contributed by atoms with Crippen LogP contribution in [-0.4, -0.2) is 48.1 Å². The van der Waals surface area contributed by atoms with E-state index in [2.05, 4.69) is 37.4 Å². The molecule has 2 heterocycles. The predicted molar refractivity (Wildman–Crippen MR) is 135 cm³/mol. The third-order valence-electron chi connectivity index (χ3n) is 5.12. The number of rotatable bonds is 5. The minimum absolute atomic E-state index is 0. The molecular weight excluding hydrogens is 542 g/mol. The third-order valence-corrected chi connectivity index (χ3v) is 5.12. The van der Waals surface area contributed by atoms with Gasteiger partial charge in [-0.2, -0.15) is 13.2 Å². The Morgan fingerprint density at radius 1 is 1.18 bits per heavy atom. The second kappa shape index (κ2) is 13.4. The molecule has 0 unspecified atom stereocenters. The molecule has 0 saturated carbocycles. The number of hydrogen-bond acceptors (Lipinski definition) is 3. The zero-order valence-electron chi connectivity index (χ0n) is 18.5. The number of nitrogens with one attached hydrogen (secondary N) is 2. The van der Waals surface area contributed by atoms with Crippen molar-refractivity contribution < 1.29 is 13.2 Å². The molecule has 0 aliphatic carbocycles. The molecule has 0 spiro atoms. The molecule has 1 saturated heterocycles. The lowest BCUT2D eigenvalue weighted by molar-refractivity contribution is -0.137. The monoisotopic (exact) mass is 571 g/mol. The average Bonchev–Trinajstić information content (AvgIpc) is 2.78. The standard InChI is InChI=1S/C24H28F3N5.HI/c1-2-28-23(30-14-6-8-19-7-5-9-20(17-19)24(25,26)27)31-21-11-15-32(16-12-21)18-22-10-3-4-13-29-22;/h3-5,7,9-10,13,17,21H,2,11-12,14-16,18H2,1H3,(H2,28,30,31);1H. The van der Waals surface area contributed by atoms with Crippen LogP contribution in [-0.2, 0) is 12.7 Å². The molecular formula is C24H29F3IN5. The maximum atomic E-state index is 12.8. The first kappa shape index (κ1) is 26.9. The fourth-order valence-electron chi connectivity index (χ4n) is 3.50. The average molecular weight is 571 g/mol. The van der Waals surface area contributed by atoms with Crippen LogP contribution >= 0.6 is 24.0 Å². The molecule has 1 fully saturated rings. The van der Waals surface area contributed by atoms with E-state index in [0.29, 0.717) is 24.1 Å². The van der Waals surface area contributed by atoms with Crippen LogP contribution in [0.2, 0.25) is 0 Å². The van der Waals surface area contributed by atoms with Crippen molar-refractivity contribution in [2.75, 3.05) is 26.2 Å². The van der Waals surface area contributed by atoms with Gasteiger partial charge in [0.1, 0.15) is 6.54 Å². The van der Waals surface area contributed by atoms with Crippen LogP contribution in [0.25, 0.3) is 0 Å². The molecule has 0 radical (unpaired) electrons. The normalized spacial score (nSPS) is 15.2. The van der Waals surface area contributed by atoms with Gasteiger partial charge in [-0.25, -0.2) is 4.99 Å². The minimum atomic E-state index is -4.37.